The molecule has 4 saturated carbocycles. The van der Waals surface area contributed by atoms with E-state index < -0.39 is 23.0 Å². The third-order valence-electron chi connectivity index (χ3n) is 7.03. The number of halogens is 1. The first-order chi connectivity index (χ1) is 13.9. The highest BCUT2D eigenvalue weighted by atomic mass is 35.5. The maximum Gasteiger partial charge on any atom is 0.309 e. The summed E-state index contributed by atoms with van der Waals surface area (Å²) in [5.41, 5.74) is -0.237. The van der Waals surface area contributed by atoms with Gasteiger partial charge in [0.05, 0.1) is 23.3 Å². The molecule has 4 bridgehead atoms. The molecule has 0 aliphatic heterocycles. The highest BCUT2D eigenvalue weighted by Crippen LogP contribution is 2.61. The van der Waals surface area contributed by atoms with Crippen molar-refractivity contribution in [2.75, 3.05) is 5.32 Å². The predicted octanol–water partition coefficient (Wildman–Crippen LogP) is 3.58. The quantitative estimate of drug-likeness (QED) is 0.659. The molecular formula is C21H22ClN3O4. The minimum atomic E-state index is -0.843. The summed E-state index contributed by atoms with van der Waals surface area (Å²) in [5.74, 6) is -0.314. The Labute approximate surface area is 172 Å². The van der Waals surface area contributed by atoms with Gasteiger partial charge in [-0.15, -0.1) is 0 Å². The number of aromatic nitrogens is 2. The Morgan fingerprint density at radius 1 is 1.17 bits per heavy atom. The van der Waals surface area contributed by atoms with Crippen LogP contribution in [0.2, 0.25) is 5.02 Å². The molecule has 3 unspecified atom stereocenters. The fourth-order valence-corrected chi connectivity index (χ4v) is 6.45. The van der Waals surface area contributed by atoms with E-state index in [0.717, 1.165) is 19.3 Å². The molecule has 0 saturated heterocycles. The number of rotatable bonds is 4. The summed E-state index contributed by atoms with van der Waals surface area (Å²) in [7, 11) is 0. The predicted molar refractivity (Wildman–Crippen MR) is 108 cm³/mol. The monoisotopic (exact) mass is 415 g/mol. The second-order valence-electron chi connectivity index (χ2n) is 8.79. The number of aliphatic carboxylic acids is 1. The van der Waals surface area contributed by atoms with Crippen molar-refractivity contribution in [3.05, 3.63) is 45.8 Å². The zero-order valence-electron chi connectivity index (χ0n) is 15.7. The molecule has 1 aromatic carbocycles. The summed E-state index contributed by atoms with van der Waals surface area (Å²) >= 11 is 6.41. The summed E-state index contributed by atoms with van der Waals surface area (Å²) in [4.78, 5) is 25.4. The Balaban J connectivity index is 1.55. The van der Waals surface area contributed by atoms with Gasteiger partial charge in [-0.3, -0.25) is 9.59 Å². The van der Waals surface area contributed by atoms with Gasteiger partial charge in [-0.25, -0.2) is 4.68 Å². The Morgan fingerprint density at radius 2 is 1.83 bits per heavy atom. The van der Waals surface area contributed by atoms with Crippen LogP contribution < -0.4 is 10.9 Å². The van der Waals surface area contributed by atoms with E-state index in [2.05, 4.69) is 10.4 Å². The summed E-state index contributed by atoms with van der Waals surface area (Å²) in [6.07, 6.45) is 5.81. The molecule has 4 aliphatic rings. The first kappa shape index (κ1) is 18.5. The van der Waals surface area contributed by atoms with Crippen molar-refractivity contribution in [2.45, 2.75) is 37.6 Å². The van der Waals surface area contributed by atoms with Crippen LogP contribution in [-0.2, 0) is 10.3 Å². The molecule has 1 heterocycles. The Hall–Kier alpha value is -2.54. The van der Waals surface area contributed by atoms with Crippen molar-refractivity contribution in [2.24, 2.45) is 23.7 Å². The number of anilines is 2. The molecule has 29 heavy (non-hydrogen) atoms. The summed E-state index contributed by atoms with van der Waals surface area (Å²) in [6.45, 7) is 0. The van der Waals surface area contributed by atoms with Gasteiger partial charge in [0.1, 0.15) is 10.8 Å². The first-order valence-corrected chi connectivity index (χ1v) is 10.3. The van der Waals surface area contributed by atoms with Crippen LogP contribution in [0.5, 0.6) is 5.75 Å². The third kappa shape index (κ3) is 2.82. The van der Waals surface area contributed by atoms with Gasteiger partial charge >= 0.3 is 5.97 Å². The Morgan fingerprint density at radius 3 is 2.45 bits per heavy atom. The number of carboxylic acids is 1. The van der Waals surface area contributed by atoms with Gasteiger partial charge in [0.25, 0.3) is 5.56 Å². The van der Waals surface area contributed by atoms with E-state index in [-0.39, 0.29) is 16.7 Å². The lowest BCUT2D eigenvalue weighted by molar-refractivity contribution is -0.168. The van der Waals surface area contributed by atoms with Gasteiger partial charge in [0.2, 0.25) is 0 Å². The van der Waals surface area contributed by atoms with E-state index in [9.17, 15) is 19.8 Å². The molecule has 2 aromatic rings. The zero-order valence-corrected chi connectivity index (χ0v) is 16.5. The molecule has 3 atom stereocenters. The summed E-state index contributed by atoms with van der Waals surface area (Å²) in [6, 6.07) is 6.38. The molecule has 6 rings (SSSR count). The minimum Gasteiger partial charge on any atom is -0.508 e. The second-order valence-corrected chi connectivity index (χ2v) is 9.17. The number of hydrogen-bond donors (Lipinski definition) is 3. The average molecular weight is 416 g/mol. The van der Waals surface area contributed by atoms with Crippen molar-refractivity contribution >= 4 is 28.9 Å². The SMILES string of the molecule is O=C(O)C1C2CC3CC(C2)CC1(n1ncc(Nc2ccc(O)cc2)c(Cl)c1=O)C3. The normalized spacial score (nSPS) is 32.3. The van der Waals surface area contributed by atoms with E-state index in [0.29, 0.717) is 36.1 Å². The van der Waals surface area contributed by atoms with E-state index in [1.807, 2.05) is 0 Å². The Bertz CT molecular complexity index is 1020. The van der Waals surface area contributed by atoms with Crippen LogP contribution in [0, 0.1) is 23.7 Å². The molecule has 4 fully saturated rings. The molecule has 7 nitrogen and oxygen atoms in total. The molecule has 0 amide bonds. The van der Waals surface area contributed by atoms with Crippen molar-refractivity contribution in [3.8, 4) is 5.75 Å². The lowest BCUT2D eigenvalue weighted by atomic mass is 9.48. The highest BCUT2D eigenvalue weighted by molar-refractivity contribution is 6.33. The first-order valence-electron chi connectivity index (χ1n) is 9.94. The van der Waals surface area contributed by atoms with Gasteiger partial charge < -0.3 is 15.5 Å². The molecule has 4 aliphatic carbocycles. The van der Waals surface area contributed by atoms with Gasteiger partial charge in [-0.2, -0.15) is 5.10 Å². The number of carboxylic acid groups (broad SMARTS) is 1. The van der Waals surface area contributed by atoms with Crippen LogP contribution in [-0.4, -0.2) is 26.0 Å². The molecule has 3 N–H and O–H groups in total. The van der Waals surface area contributed by atoms with Gasteiger partial charge in [0, 0.05) is 5.69 Å². The summed E-state index contributed by atoms with van der Waals surface area (Å²) < 4.78 is 1.38. The molecule has 1 aromatic heterocycles. The van der Waals surface area contributed by atoms with Crippen LogP contribution in [0.15, 0.2) is 35.3 Å². The maximum atomic E-state index is 13.2. The van der Waals surface area contributed by atoms with Gasteiger partial charge in [0.15, 0.2) is 0 Å². The highest BCUT2D eigenvalue weighted by Gasteiger charge is 2.61. The topological polar surface area (TPSA) is 104 Å². The fraction of sp³-hybridized carbons (Fsp3) is 0.476. The maximum absolute atomic E-state index is 13.2. The number of phenols is 1. The largest absolute Gasteiger partial charge is 0.508 e. The fourth-order valence-electron chi connectivity index (χ4n) is 6.27. The van der Waals surface area contributed by atoms with E-state index in [1.54, 1.807) is 12.1 Å². The molecule has 152 valence electrons. The minimum absolute atomic E-state index is 0.00652. The zero-order chi connectivity index (χ0) is 20.3. The van der Waals surface area contributed by atoms with E-state index in [1.165, 1.54) is 23.0 Å². The van der Waals surface area contributed by atoms with E-state index >= 15 is 0 Å². The van der Waals surface area contributed by atoms with Crippen LogP contribution >= 0.6 is 11.6 Å². The summed E-state index contributed by atoms with van der Waals surface area (Å²) in [5, 5.41) is 26.9. The lowest BCUT2D eigenvalue weighted by Crippen LogP contribution is -2.63. The van der Waals surface area contributed by atoms with Crippen LogP contribution in [0.4, 0.5) is 11.4 Å². The number of benzene rings is 1. The van der Waals surface area contributed by atoms with Crippen molar-refractivity contribution < 1.29 is 15.0 Å². The lowest BCUT2D eigenvalue weighted by Gasteiger charge is -2.59. The third-order valence-corrected chi connectivity index (χ3v) is 7.39. The smallest absolute Gasteiger partial charge is 0.309 e. The molecule has 0 spiro atoms. The van der Waals surface area contributed by atoms with Crippen LogP contribution in [0.25, 0.3) is 0 Å². The number of aromatic hydroxyl groups is 1. The number of carbonyl (C=O) groups is 1. The van der Waals surface area contributed by atoms with Gasteiger partial charge in [-0.05, 0) is 74.1 Å². The van der Waals surface area contributed by atoms with Crippen molar-refractivity contribution in [3.63, 3.8) is 0 Å². The number of nitrogens with zero attached hydrogens (tertiary/aromatic N) is 2. The molecule has 0 radical (unpaired) electrons. The number of hydrogen-bond acceptors (Lipinski definition) is 5. The van der Waals surface area contributed by atoms with Crippen LogP contribution in [0.1, 0.15) is 32.1 Å². The molecular weight excluding hydrogens is 394 g/mol. The van der Waals surface area contributed by atoms with Crippen LogP contribution in [0.3, 0.4) is 0 Å². The van der Waals surface area contributed by atoms with E-state index in [4.69, 9.17) is 11.6 Å². The Kier molecular flexibility index (Phi) is 4.13. The number of phenolic OH excluding ortho intramolecular Hbond substituents is 1. The van der Waals surface area contributed by atoms with Gasteiger partial charge in [-0.1, -0.05) is 11.6 Å². The number of nitrogens with one attached hydrogen (secondary N) is 1. The van der Waals surface area contributed by atoms with Crippen molar-refractivity contribution in [1.82, 2.24) is 9.78 Å². The van der Waals surface area contributed by atoms with Crippen molar-refractivity contribution in [1.29, 1.82) is 0 Å². The second kappa shape index (κ2) is 6.49. The average Bonchev–Trinajstić information content (AvgIpc) is 2.66. The standard InChI is InChI=1S/C21H22ClN3O4/c22-18-16(24-14-1-3-15(26)4-2-14)10-23-25(19(18)27)21-8-11-5-12(9-21)7-13(6-11)17(21)20(28)29/h1-4,10-13,17,24,26H,5-9H2,(H,28,29). The molecule has 8 heteroatoms.